The van der Waals surface area contributed by atoms with Crippen LogP contribution in [-0.2, 0) is 23.9 Å². The van der Waals surface area contributed by atoms with E-state index in [2.05, 4.69) is 88.0 Å². The Balaban J connectivity index is 3.58. The van der Waals surface area contributed by atoms with E-state index in [-0.39, 0.29) is 48.8 Å². The normalized spacial score (nSPS) is 14.7. The Labute approximate surface area is 625 Å². The van der Waals surface area contributed by atoms with Crippen molar-refractivity contribution in [2.24, 2.45) is 11.8 Å². The van der Waals surface area contributed by atoms with Gasteiger partial charge in [-0.1, -0.05) is 387 Å². The Morgan fingerprint density at radius 1 is 0.310 bits per heavy atom. The van der Waals surface area contributed by atoms with Crippen LogP contribution in [0.25, 0.3) is 0 Å². The van der Waals surface area contributed by atoms with E-state index in [0.717, 1.165) is 129 Å². The number of esters is 2. The van der Waals surface area contributed by atoms with Crippen molar-refractivity contribution in [1.82, 2.24) is 15.1 Å². The quantitative estimate of drug-likeness (QED) is 0.0369. The van der Waals surface area contributed by atoms with Crippen LogP contribution in [-0.4, -0.2) is 85.7 Å². The summed E-state index contributed by atoms with van der Waals surface area (Å²) in [6.45, 7) is 18.8. The third-order valence-electron chi connectivity index (χ3n) is 22.6. The Kier molecular flexibility index (Phi) is 73.3. The Hall–Kier alpha value is -2.19. The lowest BCUT2D eigenvalue weighted by atomic mass is 9.87. The molecule has 0 aromatic carbocycles. The highest BCUT2D eigenvalue weighted by atomic mass is 16.5. The van der Waals surface area contributed by atoms with Gasteiger partial charge in [-0.25, -0.2) is 4.79 Å². The number of piperazine rings is 1. The van der Waals surface area contributed by atoms with E-state index in [1.807, 2.05) is 0 Å². The van der Waals surface area contributed by atoms with Crippen molar-refractivity contribution in [2.45, 2.75) is 496 Å². The fourth-order valence-electron chi connectivity index (χ4n) is 15.6. The molecular formula is C92H177N3O5. The maximum Gasteiger partial charge on any atom is 0.328 e. The van der Waals surface area contributed by atoms with Crippen molar-refractivity contribution in [3.05, 3.63) is 24.3 Å². The van der Waals surface area contributed by atoms with Gasteiger partial charge in [-0.2, -0.15) is 0 Å². The van der Waals surface area contributed by atoms with E-state index in [1.165, 1.54) is 321 Å². The summed E-state index contributed by atoms with van der Waals surface area (Å²) in [5.74, 6) is -0.125. The second-order valence-electron chi connectivity index (χ2n) is 32.2. The fourth-order valence-corrected chi connectivity index (χ4v) is 15.6. The van der Waals surface area contributed by atoms with Crippen LogP contribution in [0.1, 0.15) is 478 Å². The molecule has 0 radical (unpaired) electrons. The van der Waals surface area contributed by atoms with Crippen molar-refractivity contribution >= 4 is 17.8 Å². The molecular weight excluding hydrogens is 1230 g/mol. The Morgan fingerprint density at radius 2 is 0.600 bits per heavy atom. The summed E-state index contributed by atoms with van der Waals surface area (Å²) in [5, 5.41) is 3.25. The zero-order valence-corrected chi connectivity index (χ0v) is 68.8. The number of nitrogens with one attached hydrogen (secondary N) is 1. The van der Waals surface area contributed by atoms with Gasteiger partial charge in [-0.15, -0.1) is 0 Å². The number of unbranched alkanes of at least 4 members (excludes halogenated alkanes) is 50. The van der Waals surface area contributed by atoms with Crippen molar-refractivity contribution in [2.75, 3.05) is 39.8 Å². The average Bonchev–Trinajstić information content (AvgIpc) is 1.65. The monoisotopic (exact) mass is 1400 g/mol. The summed E-state index contributed by atoms with van der Waals surface area (Å²) in [5.41, 5.74) is 0. The first-order chi connectivity index (χ1) is 49.2. The fraction of sp³-hybridized carbons (Fsp3) is 0.924. The van der Waals surface area contributed by atoms with Gasteiger partial charge in [0, 0.05) is 39.0 Å². The number of hydrogen-bond acceptors (Lipinski definition) is 7. The Morgan fingerprint density at radius 3 is 0.940 bits per heavy atom. The summed E-state index contributed by atoms with van der Waals surface area (Å²) in [6.07, 6.45) is 91.5. The molecule has 8 nitrogen and oxygen atoms in total. The molecule has 1 N–H and O–H groups in total. The predicted octanol–water partition coefficient (Wildman–Crippen LogP) is 28.5. The summed E-state index contributed by atoms with van der Waals surface area (Å²) < 4.78 is 13.8. The second kappa shape index (κ2) is 76.5. The van der Waals surface area contributed by atoms with Crippen LogP contribution < -0.4 is 5.32 Å². The number of ether oxygens (including phenoxy) is 2. The van der Waals surface area contributed by atoms with Crippen molar-refractivity contribution in [3.8, 4) is 0 Å². The first kappa shape index (κ1) is 95.8. The van der Waals surface area contributed by atoms with Crippen LogP contribution in [0.4, 0.5) is 0 Å². The SMILES string of the molecule is CCCCC/C=C\CCC(CCCCCCCCCCCCCC)C(CCCCCCCCCCCCCC)OC(=O)CCC(NC(=O)CCCN1CCN(C)CC1)C(=O)OC(CCCCCCCCCCCCCC)C(CC/C=C\CCCCC)CCCCCCCCCCCCCC. The summed E-state index contributed by atoms with van der Waals surface area (Å²) in [6, 6.07) is -0.900. The first-order valence-electron chi connectivity index (χ1n) is 45.6. The zero-order valence-electron chi connectivity index (χ0n) is 68.8. The van der Waals surface area contributed by atoms with Crippen LogP contribution in [0.3, 0.4) is 0 Å². The molecule has 0 spiro atoms. The number of allylic oxidation sites excluding steroid dienone is 4. The Bertz CT molecular complexity index is 1760. The molecule has 0 aromatic heterocycles. The lowest BCUT2D eigenvalue weighted by molar-refractivity contribution is -0.158. The summed E-state index contributed by atoms with van der Waals surface area (Å²) in [4.78, 5) is 49.2. The smallest absolute Gasteiger partial charge is 0.328 e. The molecule has 8 heteroatoms. The molecule has 0 aromatic rings. The van der Waals surface area contributed by atoms with E-state index in [1.54, 1.807) is 0 Å². The topological polar surface area (TPSA) is 88.2 Å². The van der Waals surface area contributed by atoms with Crippen LogP contribution in [0.5, 0.6) is 0 Å². The summed E-state index contributed by atoms with van der Waals surface area (Å²) in [7, 11) is 2.19. The molecule has 1 rings (SSSR count). The second-order valence-corrected chi connectivity index (χ2v) is 32.2. The number of likely N-dealkylation sites (N-methyl/N-ethyl adjacent to an activating group) is 1. The van der Waals surface area contributed by atoms with Crippen molar-refractivity contribution in [3.63, 3.8) is 0 Å². The van der Waals surface area contributed by atoms with Gasteiger partial charge in [-0.3, -0.25) is 9.59 Å². The minimum absolute atomic E-state index is 0.0907. The number of carbonyl (C=O) groups excluding carboxylic acids is 3. The van der Waals surface area contributed by atoms with E-state index >= 15 is 4.79 Å². The largest absolute Gasteiger partial charge is 0.462 e. The molecule has 5 atom stereocenters. The minimum atomic E-state index is -0.900. The van der Waals surface area contributed by atoms with E-state index in [0.29, 0.717) is 12.3 Å². The molecule has 5 unspecified atom stereocenters. The molecule has 1 amide bonds. The number of amides is 1. The van der Waals surface area contributed by atoms with Crippen molar-refractivity contribution in [1.29, 1.82) is 0 Å². The molecule has 1 aliphatic rings. The van der Waals surface area contributed by atoms with Gasteiger partial charge in [0.15, 0.2) is 0 Å². The van der Waals surface area contributed by atoms with Crippen LogP contribution in [0, 0.1) is 11.8 Å². The average molecular weight is 1410 g/mol. The van der Waals surface area contributed by atoms with Gasteiger partial charge in [0.2, 0.25) is 5.91 Å². The highest BCUT2D eigenvalue weighted by Crippen LogP contribution is 2.31. The molecule has 1 fully saturated rings. The number of carbonyl (C=O) groups is 3. The van der Waals surface area contributed by atoms with Gasteiger partial charge >= 0.3 is 11.9 Å². The zero-order chi connectivity index (χ0) is 72.3. The van der Waals surface area contributed by atoms with E-state index in [9.17, 15) is 9.59 Å². The first-order valence-corrected chi connectivity index (χ1v) is 45.6. The molecule has 0 bridgehead atoms. The third-order valence-corrected chi connectivity index (χ3v) is 22.6. The number of hydrogen-bond donors (Lipinski definition) is 1. The van der Waals surface area contributed by atoms with Gasteiger partial charge in [0.25, 0.3) is 0 Å². The molecule has 100 heavy (non-hydrogen) atoms. The molecule has 0 aliphatic carbocycles. The molecule has 1 saturated heterocycles. The standard InChI is InChI=1S/C92H177N3O5/c1-8-14-20-26-32-36-40-44-48-54-60-65-72-85(71-64-58-52-30-24-18-12-5)88(75-68-62-56-50-46-42-38-34-28-22-16-10-3)99-91(97)79-78-87(93-90(96)77-70-80-95-83-81-94(7)82-84-95)92(98)100-89(76-69-63-57-51-47-43-39-35-29-23-17-11-4)86(73-66-59-53-31-25-19-13-6)74-67-61-55-49-45-41-37-33-27-21-15-9-2/h52-53,58-59,85-89H,8-51,54-57,60-84H2,1-7H3,(H,93,96)/b58-52-,59-53-. The number of rotatable bonds is 79. The van der Waals surface area contributed by atoms with E-state index < -0.39 is 6.04 Å². The van der Waals surface area contributed by atoms with Crippen molar-refractivity contribution < 1.29 is 23.9 Å². The van der Waals surface area contributed by atoms with Crippen LogP contribution >= 0.6 is 0 Å². The van der Waals surface area contributed by atoms with Gasteiger partial charge < -0.3 is 24.6 Å². The van der Waals surface area contributed by atoms with Gasteiger partial charge in [-0.05, 0) is 128 Å². The van der Waals surface area contributed by atoms with Crippen LogP contribution in [0.15, 0.2) is 24.3 Å². The van der Waals surface area contributed by atoms with Gasteiger partial charge in [0.05, 0.1) is 0 Å². The lowest BCUT2D eigenvalue weighted by Crippen LogP contribution is -2.46. The maximum atomic E-state index is 15.3. The van der Waals surface area contributed by atoms with Crippen LogP contribution in [0.2, 0.25) is 0 Å². The predicted molar refractivity (Wildman–Crippen MR) is 439 cm³/mol. The maximum absolute atomic E-state index is 15.3. The molecule has 1 aliphatic heterocycles. The lowest BCUT2D eigenvalue weighted by Gasteiger charge is -2.32. The third kappa shape index (κ3) is 63.1. The van der Waals surface area contributed by atoms with E-state index in [4.69, 9.17) is 9.47 Å². The highest BCUT2D eigenvalue weighted by molar-refractivity contribution is 5.85. The van der Waals surface area contributed by atoms with Gasteiger partial charge in [0.1, 0.15) is 18.2 Å². The number of nitrogens with zero attached hydrogens (tertiary/aromatic N) is 2. The minimum Gasteiger partial charge on any atom is -0.462 e. The molecule has 0 saturated carbocycles. The molecule has 590 valence electrons. The summed E-state index contributed by atoms with van der Waals surface area (Å²) >= 11 is 0. The molecule has 1 heterocycles. The highest BCUT2D eigenvalue weighted by Gasteiger charge is 2.32.